The Morgan fingerprint density at radius 2 is 2.28 bits per heavy atom. The van der Waals surface area contributed by atoms with Crippen LogP contribution in [-0.4, -0.2) is 19.1 Å². The van der Waals surface area contributed by atoms with Crippen molar-refractivity contribution >= 4 is 5.69 Å². The number of anilines is 1. The highest BCUT2D eigenvalue weighted by Crippen LogP contribution is 2.25. The van der Waals surface area contributed by atoms with E-state index < -0.39 is 0 Å². The molecule has 2 N–H and O–H groups in total. The molecule has 1 heterocycles. The lowest BCUT2D eigenvalue weighted by atomic mass is 9.90. The molecule has 1 aliphatic rings. The zero-order valence-electron chi connectivity index (χ0n) is 10.6. The summed E-state index contributed by atoms with van der Waals surface area (Å²) in [5.41, 5.74) is 7.22. The van der Waals surface area contributed by atoms with Crippen LogP contribution in [0, 0.1) is 23.1 Å². The van der Waals surface area contributed by atoms with E-state index >= 15 is 0 Å². The zero-order chi connectivity index (χ0) is 13.1. The minimum absolute atomic E-state index is 0.232. The van der Waals surface area contributed by atoms with Crippen molar-refractivity contribution in [3.63, 3.8) is 0 Å². The molecule has 2 rings (SSSR count). The molecule has 0 saturated carbocycles. The molecule has 2 atom stereocenters. The number of rotatable bonds is 2. The first-order chi connectivity index (χ1) is 8.63. The van der Waals surface area contributed by atoms with E-state index in [0.29, 0.717) is 11.5 Å². The van der Waals surface area contributed by atoms with Crippen molar-refractivity contribution in [2.75, 3.05) is 18.0 Å². The molecule has 1 fully saturated rings. The summed E-state index contributed by atoms with van der Waals surface area (Å²) in [7, 11) is 0. The van der Waals surface area contributed by atoms with Crippen LogP contribution < -0.4 is 10.6 Å². The first-order valence-corrected chi connectivity index (χ1v) is 6.35. The van der Waals surface area contributed by atoms with Crippen LogP contribution in [0.3, 0.4) is 0 Å². The molecule has 1 aromatic carbocycles. The van der Waals surface area contributed by atoms with E-state index in [4.69, 9.17) is 11.0 Å². The third kappa shape index (κ3) is 2.62. The molecule has 0 amide bonds. The van der Waals surface area contributed by atoms with Crippen LogP contribution in [0.5, 0.6) is 0 Å². The van der Waals surface area contributed by atoms with Crippen molar-refractivity contribution in [3.8, 4) is 6.07 Å². The molecular weight excluding hydrogens is 229 g/mol. The van der Waals surface area contributed by atoms with Gasteiger partial charge < -0.3 is 10.6 Å². The number of benzene rings is 1. The number of piperidine rings is 1. The maximum absolute atomic E-state index is 13.4. The molecule has 0 bridgehead atoms. The van der Waals surface area contributed by atoms with Crippen LogP contribution in [-0.2, 0) is 0 Å². The quantitative estimate of drug-likeness (QED) is 0.872. The van der Waals surface area contributed by atoms with Crippen LogP contribution in [0.15, 0.2) is 18.2 Å². The van der Waals surface area contributed by atoms with Gasteiger partial charge in [-0.25, -0.2) is 4.39 Å². The molecule has 0 spiro atoms. The van der Waals surface area contributed by atoms with Gasteiger partial charge in [-0.2, -0.15) is 5.26 Å². The Bertz CT molecular complexity index is 467. The van der Waals surface area contributed by atoms with E-state index in [-0.39, 0.29) is 11.9 Å². The normalized spacial score (nSPS) is 23.8. The van der Waals surface area contributed by atoms with Gasteiger partial charge in [-0.3, -0.25) is 0 Å². The fourth-order valence-corrected chi connectivity index (χ4v) is 2.54. The first kappa shape index (κ1) is 12.8. The summed E-state index contributed by atoms with van der Waals surface area (Å²) in [5.74, 6) is 0.0829. The third-order valence-corrected chi connectivity index (χ3v) is 3.69. The summed E-state index contributed by atoms with van der Waals surface area (Å²) in [6, 6.07) is 6.72. The van der Waals surface area contributed by atoms with Crippen LogP contribution in [0.2, 0.25) is 0 Å². The van der Waals surface area contributed by atoms with E-state index in [0.717, 1.165) is 31.6 Å². The summed E-state index contributed by atoms with van der Waals surface area (Å²) in [4.78, 5) is 2.13. The number of hydrogen-bond donors (Lipinski definition) is 1. The van der Waals surface area contributed by atoms with Crippen molar-refractivity contribution in [1.29, 1.82) is 5.26 Å². The minimum atomic E-state index is -0.355. The molecule has 1 aliphatic heterocycles. The first-order valence-electron chi connectivity index (χ1n) is 6.35. The van der Waals surface area contributed by atoms with Gasteiger partial charge in [-0.15, -0.1) is 0 Å². The van der Waals surface area contributed by atoms with Crippen LogP contribution in [0.4, 0.5) is 10.1 Å². The Morgan fingerprint density at radius 3 is 2.94 bits per heavy atom. The van der Waals surface area contributed by atoms with Gasteiger partial charge in [0.05, 0.1) is 11.6 Å². The standard InChI is InChI=1S/C14H18FN3/c1-2-11-9-18(4-3-14(11)17)13-6-10(8-16)5-12(15)7-13/h5-7,11,14H,2-4,9,17H2,1H3. The van der Waals surface area contributed by atoms with Crippen molar-refractivity contribution in [1.82, 2.24) is 0 Å². The van der Waals surface area contributed by atoms with Crippen molar-refractivity contribution in [3.05, 3.63) is 29.6 Å². The monoisotopic (exact) mass is 247 g/mol. The Morgan fingerprint density at radius 1 is 1.50 bits per heavy atom. The molecule has 96 valence electrons. The Labute approximate surface area is 107 Å². The fraction of sp³-hybridized carbons (Fsp3) is 0.500. The van der Waals surface area contributed by atoms with E-state index in [2.05, 4.69) is 11.8 Å². The number of nitriles is 1. The second-order valence-electron chi connectivity index (χ2n) is 4.88. The van der Waals surface area contributed by atoms with Crippen LogP contribution in [0.1, 0.15) is 25.3 Å². The number of nitrogens with zero attached hydrogens (tertiary/aromatic N) is 2. The third-order valence-electron chi connectivity index (χ3n) is 3.69. The van der Waals surface area contributed by atoms with Gasteiger partial charge >= 0.3 is 0 Å². The molecular formula is C14H18FN3. The average Bonchev–Trinajstić information content (AvgIpc) is 2.38. The molecule has 4 heteroatoms. The van der Waals surface area contributed by atoms with E-state index in [1.54, 1.807) is 6.07 Å². The minimum Gasteiger partial charge on any atom is -0.371 e. The van der Waals surface area contributed by atoms with Crippen LogP contribution in [0.25, 0.3) is 0 Å². The summed E-state index contributed by atoms with van der Waals surface area (Å²) in [6.45, 7) is 3.79. The highest BCUT2D eigenvalue weighted by molar-refractivity contribution is 5.52. The van der Waals surface area contributed by atoms with Gasteiger partial charge in [-0.05, 0) is 30.5 Å². The summed E-state index contributed by atoms with van der Waals surface area (Å²) >= 11 is 0. The summed E-state index contributed by atoms with van der Waals surface area (Å²) in [5, 5.41) is 8.87. The van der Waals surface area contributed by atoms with Gasteiger partial charge in [0.1, 0.15) is 5.82 Å². The van der Waals surface area contributed by atoms with Crippen LogP contribution >= 0.6 is 0 Å². The largest absolute Gasteiger partial charge is 0.371 e. The maximum atomic E-state index is 13.4. The molecule has 3 nitrogen and oxygen atoms in total. The molecule has 2 unspecified atom stereocenters. The topological polar surface area (TPSA) is 53.0 Å². The molecule has 0 aromatic heterocycles. The highest BCUT2D eigenvalue weighted by atomic mass is 19.1. The van der Waals surface area contributed by atoms with Gasteiger partial charge in [0.2, 0.25) is 0 Å². The second-order valence-corrected chi connectivity index (χ2v) is 4.88. The van der Waals surface area contributed by atoms with E-state index in [9.17, 15) is 4.39 Å². The summed E-state index contributed by atoms with van der Waals surface area (Å²) < 4.78 is 13.4. The molecule has 1 saturated heterocycles. The molecule has 0 radical (unpaired) electrons. The van der Waals surface area contributed by atoms with Crippen molar-refractivity contribution in [2.24, 2.45) is 11.7 Å². The molecule has 1 aromatic rings. The zero-order valence-corrected chi connectivity index (χ0v) is 10.6. The summed E-state index contributed by atoms with van der Waals surface area (Å²) in [6.07, 6.45) is 1.94. The Balaban J connectivity index is 2.22. The average molecular weight is 247 g/mol. The van der Waals surface area contributed by atoms with Gasteiger partial charge in [0.25, 0.3) is 0 Å². The number of hydrogen-bond acceptors (Lipinski definition) is 3. The van der Waals surface area contributed by atoms with E-state index in [1.807, 2.05) is 6.07 Å². The van der Waals surface area contributed by atoms with Gasteiger partial charge in [-0.1, -0.05) is 13.3 Å². The van der Waals surface area contributed by atoms with Gasteiger partial charge in [0.15, 0.2) is 0 Å². The second kappa shape index (κ2) is 5.36. The lowest BCUT2D eigenvalue weighted by Gasteiger charge is -2.38. The molecule has 0 aliphatic carbocycles. The fourth-order valence-electron chi connectivity index (χ4n) is 2.54. The lowest BCUT2D eigenvalue weighted by molar-refractivity contribution is 0.348. The number of halogens is 1. The van der Waals surface area contributed by atoms with E-state index in [1.165, 1.54) is 12.1 Å². The van der Waals surface area contributed by atoms with Gasteiger partial charge in [0, 0.05) is 24.8 Å². The smallest absolute Gasteiger partial charge is 0.126 e. The Hall–Kier alpha value is -1.60. The predicted octanol–water partition coefficient (Wildman–Crippen LogP) is 2.26. The lowest BCUT2D eigenvalue weighted by Crippen LogP contribution is -2.47. The highest BCUT2D eigenvalue weighted by Gasteiger charge is 2.25. The SMILES string of the molecule is CCC1CN(c2cc(F)cc(C#N)c2)CCC1N. The Kier molecular flexibility index (Phi) is 3.83. The van der Waals surface area contributed by atoms with Crippen molar-refractivity contribution in [2.45, 2.75) is 25.8 Å². The predicted molar refractivity (Wildman–Crippen MR) is 69.7 cm³/mol. The van der Waals surface area contributed by atoms with Crippen molar-refractivity contribution < 1.29 is 4.39 Å². The molecule has 18 heavy (non-hydrogen) atoms. The maximum Gasteiger partial charge on any atom is 0.126 e. The number of nitrogens with two attached hydrogens (primary N) is 1.